The number of pyridine rings is 1. The fourth-order valence-electron chi connectivity index (χ4n) is 4.44. The molecule has 156 valence electrons. The van der Waals surface area contributed by atoms with Crippen molar-refractivity contribution in [1.29, 1.82) is 0 Å². The topological polar surface area (TPSA) is 73.7 Å². The number of rotatable bonds is 5. The van der Waals surface area contributed by atoms with Crippen LogP contribution in [-0.2, 0) is 20.8 Å². The fourth-order valence-corrected chi connectivity index (χ4v) is 4.44. The van der Waals surface area contributed by atoms with Gasteiger partial charge in [0.2, 0.25) is 6.23 Å². The van der Waals surface area contributed by atoms with Crippen molar-refractivity contribution < 1.29 is 14.2 Å². The van der Waals surface area contributed by atoms with Crippen molar-refractivity contribution in [1.82, 2.24) is 19.7 Å². The number of hydrogen-bond acceptors (Lipinski definition) is 7. The van der Waals surface area contributed by atoms with E-state index in [2.05, 4.69) is 22.2 Å². The summed E-state index contributed by atoms with van der Waals surface area (Å²) in [4.78, 5) is 6.93. The summed E-state index contributed by atoms with van der Waals surface area (Å²) in [6, 6.07) is 0.367. The Balaban J connectivity index is 1.52. The van der Waals surface area contributed by atoms with Crippen LogP contribution in [0.1, 0.15) is 50.8 Å². The summed E-state index contributed by atoms with van der Waals surface area (Å²) in [5.74, 6) is 0. The third-order valence-corrected chi connectivity index (χ3v) is 6.03. The molecule has 29 heavy (non-hydrogen) atoms. The molecule has 2 atom stereocenters. The maximum atomic E-state index is 6.05. The molecule has 2 aromatic rings. The average Bonchev–Trinajstić information content (AvgIpc) is 3.42. The third-order valence-electron chi connectivity index (χ3n) is 6.03. The molecule has 0 spiro atoms. The summed E-state index contributed by atoms with van der Waals surface area (Å²) in [6.45, 7) is 5.25. The van der Waals surface area contributed by atoms with Crippen LogP contribution in [0.3, 0.4) is 0 Å². The van der Waals surface area contributed by atoms with Gasteiger partial charge < -0.3 is 24.4 Å². The Morgan fingerprint density at radius 3 is 2.83 bits per heavy atom. The van der Waals surface area contributed by atoms with Crippen molar-refractivity contribution in [2.24, 2.45) is 0 Å². The lowest BCUT2D eigenvalue weighted by Crippen LogP contribution is -2.37. The first-order chi connectivity index (χ1) is 14.3. The van der Waals surface area contributed by atoms with Crippen molar-refractivity contribution in [3.8, 4) is 0 Å². The van der Waals surface area contributed by atoms with Gasteiger partial charge in [0.25, 0.3) is 0 Å². The Hall–Kier alpha value is -2.32. The molecular weight excluding hydrogens is 370 g/mol. The molecule has 5 rings (SSSR count). The van der Waals surface area contributed by atoms with Gasteiger partial charge in [-0.1, -0.05) is 0 Å². The minimum absolute atomic E-state index is 0.0393. The predicted molar refractivity (Wildman–Crippen MR) is 109 cm³/mol. The molecule has 0 saturated carbocycles. The van der Waals surface area contributed by atoms with E-state index in [4.69, 9.17) is 19.2 Å². The van der Waals surface area contributed by atoms with Crippen molar-refractivity contribution in [2.45, 2.75) is 64.1 Å². The van der Waals surface area contributed by atoms with Crippen LogP contribution in [0.4, 0.5) is 5.69 Å². The monoisotopic (exact) mass is 399 g/mol. The van der Waals surface area contributed by atoms with Gasteiger partial charge in [0.1, 0.15) is 12.5 Å². The van der Waals surface area contributed by atoms with Gasteiger partial charge in [0, 0.05) is 44.8 Å². The normalized spacial score (nSPS) is 25.5. The lowest BCUT2D eigenvalue weighted by Gasteiger charge is -2.35. The van der Waals surface area contributed by atoms with Crippen LogP contribution < -0.4 is 5.32 Å². The Morgan fingerprint density at radius 1 is 1.14 bits per heavy atom. The predicted octanol–water partition coefficient (Wildman–Crippen LogP) is 3.37. The van der Waals surface area contributed by atoms with E-state index in [1.54, 1.807) is 6.26 Å². The molecule has 3 aliphatic rings. The minimum Gasteiger partial charge on any atom is -0.472 e. The molecule has 0 aliphatic carbocycles. The Kier molecular flexibility index (Phi) is 5.28. The fraction of sp³-hybridized carbons (Fsp3) is 0.619. The number of nitrogens with zero attached hydrogens (tertiary/aromatic N) is 4. The van der Waals surface area contributed by atoms with E-state index in [-0.39, 0.29) is 12.5 Å². The van der Waals surface area contributed by atoms with Crippen LogP contribution in [0, 0.1) is 0 Å². The highest BCUT2D eigenvalue weighted by Crippen LogP contribution is 2.39. The van der Waals surface area contributed by atoms with E-state index in [0.717, 1.165) is 74.3 Å². The van der Waals surface area contributed by atoms with Gasteiger partial charge in [-0.25, -0.2) is 9.67 Å². The van der Waals surface area contributed by atoms with E-state index in [9.17, 15) is 0 Å². The molecule has 8 heteroatoms. The smallest absolute Gasteiger partial charge is 0.203 e. The zero-order chi connectivity index (χ0) is 19.6. The first-order valence-electron chi connectivity index (χ1n) is 10.7. The number of anilines is 1. The highest BCUT2D eigenvalue weighted by molar-refractivity contribution is 5.91. The number of hydrogen-bond donors (Lipinski definition) is 1. The zero-order valence-electron chi connectivity index (χ0n) is 16.9. The molecule has 8 nitrogen and oxygen atoms in total. The second-order valence-electron chi connectivity index (χ2n) is 7.86. The average molecular weight is 399 g/mol. The van der Waals surface area contributed by atoms with Crippen LogP contribution in [0.15, 0.2) is 24.9 Å². The van der Waals surface area contributed by atoms with Gasteiger partial charge in [-0.15, -0.1) is 0 Å². The summed E-state index contributed by atoms with van der Waals surface area (Å²) in [7, 11) is 0. The number of fused-ring (bicyclic) bond motifs is 1. The second-order valence-corrected chi connectivity index (χ2v) is 7.86. The minimum atomic E-state index is -0.248. The molecule has 5 heterocycles. The van der Waals surface area contributed by atoms with Crippen molar-refractivity contribution in [3.05, 3.63) is 30.4 Å². The van der Waals surface area contributed by atoms with Crippen LogP contribution in [-0.4, -0.2) is 51.8 Å². The standard InChI is InChI=1S/C21H29N5O3/c1-2-26-20-16(14-23-26)19(24-15-6-10-27-11-7-15)17(13-22-20)21-25(8-12-29-21)18-5-3-4-9-28-18/h8,12-15,18,21H,2-7,9-11H2,1H3,(H,22,24). The van der Waals surface area contributed by atoms with Crippen molar-refractivity contribution in [2.75, 3.05) is 25.1 Å². The number of aryl methyl sites for hydroxylation is 1. The summed E-state index contributed by atoms with van der Waals surface area (Å²) >= 11 is 0. The van der Waals surface area contributed by atoms with Crippen LogP contribution in [0.25, 0.3) is 11.0 Å². The molecule has 2 saturated heterocycles. The molecule has 0 bridgehead atoms. The largest absolute Gasteiger partial charge is 0.472 e. The van der Waals surface area contributed by atoms with E-state index in [0.29, 0.717) is 6.04 Å². The van der Waals surface area contributed by atoms with Crippen molar-refractivity contribution >= 4 is 16.7 Å². The van der Waals surface area contributed by atoms with Crippen molar-refractivity contribution in [3.63, 3.8) is 0 Å². The van der Waals surface area contributed by atoms with Gasteiger partial charge in [-0.3, -0.25) is 0 Å². The summed E-state index contributed by atoms with van der Waals surface area (Å²) in [6.07, 6.45) is 12.7. The van der Waals surface area contributed by atoms with E-state index in [1.165, 1.54) is 6.42 Å². The molecule has 2 aromatic heterocycles. The Labute approximate surface area is 170 Å². The molecule has 0 aromatic carbocycles. The van der Waals surface area contributed by atoms with Gasteiger partial charge in [-0.05, 0) is 39.0 Å². The van der Waals surface area contributed by atoms with E-state index < -0.39 is 0 Å². The molecule has 0 amide bonds. The lowest BCUT2D eigenvalue weighted by atomic mass is 10.1. The molecular formula is C21H29N5O3. The highest BCUT2D eigenvalue weighted by atomic mass is 16.5. The second kappa shape index (κ2) is 8.20. The quantitative estimate of drug-likeness (QED) is 0.826. The SMILES string of the molecule is CCn1ncc2c(NC3CCOCC3)c(C3OC=CN3C3CCCCO3)cnc21. The van der Waals surface area contributed by atoms with Gasteiger partial charge in [0.15, 0.2) is 5.65 Å². The van der Waals surface area contributed by atoms with Gasteiger partial charge in [0.05, 0.1) is 22.8 Å². The summed E-state index contributed by atoms with van der Waals surface area (Å²) in [5, 5.41) is 9.36. The molecule has 0 radical (unpaired) electrons. The third kappa shape index (κ3) is 3.55. The lowest BCUT2D eigenvalue weighted by molar-refractivity contribution is -0.113. The Morgan fingerprint density at radius 2 is 2.03 bits per heavy atom. The highest BCUT2D eigenvalue weighted by Gasteiger charge is 2.34. The molecule has 3 aliphatic heterocycles. The van der Waals surface area contributed by atoms with E-state index in [1.807, 2.05) is 23.3 Å². The van der Waals surface area contributed by atoms with Gasteiger partial charge >= 0.3 is 0 Å². The van der Waals surface area contributed by atoms with E-state index >= 15 is 0 Å². The van der Waals surface area contributed by atoms with Gasteiger partial charge in [-0.2, -0.15) is 5.10 Å². The molecule has 2 fully saturated rings. The van der Waals surface area contributed by atoms with Crippen LogP contribution in [0.2, 0.25) is 0 Å². The zero-order valence-corrected chi connectivity index (χ0v) is 16.9. The number of nitrogens with one attached hydrogen (secondary N) is 1. The molecule has 1 N–H and O–H groups in total. The Bertz CT molecular complexity index is 871. The summed E-state index contributed by atoms with van der Waals surface area (Å²) in [5.41, 5.74) is 2.99. The first kappa shape index (κ1) is 18.7. The number of aromatic nitrogens is 3. The summed E-state index contributed by atoms with van der Waals surface area (Å²) < 4.78 is 19.6. The van der Waals surface area contributed by atoms with Crippen LogP contribution >= 0.6 is 0 Å². The number of ether oxygens (including phenoxy) is 3. The van der Waals surface area contributed by atoms with Crippen LogP contribution in [0.5, 0.6) is 0 Å². The first-order valence-corrected chi connectivity index (χ1v) is 10.7. The maximum Gasteiger partial charge on any atom is 0.203 e. The molecule has 2 unspecified atom stereocenters. The maximum absolute atomic E-state index is 6.05.